The van der Waals surface area contributed by atoms with Gasteiger partial charge in [-0.05, 0) is 31.1 Å². The van der Waals surface area contributed by atoms with Crippen LogP contribution in [0.2, 0.25) is 0 Å². The molecule has 0 spiro atoms. The Balaban J connectivity index is 2.71. The molecule has 0 amide bonds. The zero-order chi connectivity index (χ0) is 12.7. The predicted octanol–water partition coefficient (Wildman–Crippen LogP) is 4.06. The van der Waals surface area contributed by atoms with Crippen LogP contribution in [0, 0.1) is 5.92 Å². The summed E-state index contributed by atoms with van der Waals surface area (Å²) in [5, 5.41) is 0. The van der Waals surface area contributed by atoms with E-state index < -0.39 is 0 Å². The number of allylic oxidation sites excluding steroid dienone is 2. The molecule has 1 rings (SSSR count). The largest absolute Gasteiger partial charge is 0.293 e. The molecule has 1 atom stereocenters. The van der Waals surface area contributed by atoms with Gasteiger partial charge in [0.15, 0.2) is 0 Å². The summed E-state index contributed by atoms with van der Waals surface area (Å²) in [7, 11) is 1.85. The Morgan fingerprint density at radius 2 is 2.35 bits per heavy atom. The number of pyridine rings is 1. The Hall–Kier alpha value is -0.960. The van der Waals surface area contributed by atoms with Gasteiger partial charge in [0, 0.05) is 35.0 Å². The van der Waals surface area contributed by atoms with Crippen LogP contribution in [-0.4, -0.2) is 17.7 Å². The average Bonchev–Trinajstić information content (AvgIpc) is 2.30. The smallest absolute Gasteiger partial charge is 0.0421 e. The van der Waals surface area contributed by atoms with E-state index in [1.807, 2.05) is 19.3 Å². The molecule has 0 N–H and O–H groups in total. The van der Waals surface area contributed by atoms with Gasteiger partial charge in [-0.1, -0.05) is 35.9 Å². The monoisotopic (exact) mass is 294 g/mol. The second kappa shape index (κ2) is 7.38. The molecule has 0 saturated heterocycles. The van der Waals surface area contributed by atoms with E-state index in [4.69, 9.17) is 0 Å². The highest BCUT2D eigenvalue weighted by Crippen LogP contribution is 2.14. The standard InChI is InChI=1S/C14H19BrN2/c1-4-5-6-14(16-3)11(2)9-13-10-12(15)7-8-17-13/h5-8,10-11H,4,9H2,1-3H3/b6-5-,16-14?. The first kappa shape index (κ1) is 14.1. The summed E-state index contributed by atoms with van der Waals surface area (Å²) >= 11 is 3.46. The third-order valence-corrected chi connectivity index (χ3v) is 3.07. The first-order valence-corrected chi connectivity index (χ1v) is 6.70. The van der Waals surface area contributed by atoms with Crippen molar-refractivity contribution in [3.63, 3.8) is 0 Å². The Labute approximate surface area is 112 Å². The van der Waals surface area contributed by atoms with Crippen LogP contribution in [0.3, 0.4) is 0 Å². The van der Waals surface area contributed by atoms with Crippen molar-refractivity contribution in [1.29, 1.82) is 0 Å². The Morgan fingerprint density at radius 1 is 1.59 bits per heavy atom. The zero-order valence-corrected chi connectivity index (χ0v) is 12.2. The highest BCUT2D eigenvalue weighted by atomic mass is 79.9. The van der Waals surface area contributed by atoms with Crippen molar-refractivity contribution in [1.82, 2.24) is 4.98 Å². The first-order chi connectivity index (χ1) is 8.17. The fourth-order valence-electron chi connectivity index (χ4n) is 1.68. The molecule has 0 aliphatic rings. The molecule has 0 bridgehead atoms. The molecule has 17 heavy (non-hydrogen) atoms. The molecule has 1 aromatic heterocycles. The van der Waals surface area contributed by atoms with Gasteiger partial charge < -0.3 is 0 Å². The molecule has 1 heterocycles. The average molecular weight is 295 g/mol. The normalized spacial score (nSPS) is 14.2. The van der Waals surface area contributed by atoms with Gasteiger partial charge in [0.05, 0.1) is 0 Å². The number of halogens is 1. The molecule has 2 nitrogen and oxygen atoms in total. The number of hydrogen-bond acceptors (Lipinski definition) is 2. The van der Waals surface area contributed by atoms with Crippen molar-refractivity contribution >= 4 is 21.6 Å². The molecule has 0 aliphatic heterocycles. The van der Waals surface area contributed by atoms with Crippen LogP contribution in [0.15, 0.2) is 39.9 Å². The minimum absolute atomic E-state index is 0.393. The van der Waals surface area contributed by atoms with Gasteiger partial charge in [-0.25, -0.2) is 0 Å². The highest BCUT2D eigenvalue weighted by molar-refractivity contribution is 9.10. The molecular formula is C14H19BrN2. The van der Waals surface area contributed by atoms with E-state index in [0.717, 1.165) is 28.7 Å². The van der Waals surface area contributed by atoms with Gasteiger partial charge in [0.25, 0.3) is 0 Å². The molecule has 0 saturated carbocycles. The van der Waals surface area contributed by atoms with Crippen molar-refractivity contribution in [3.8, 4) is 0 Å². The van der Waals surface area contributed by atoms with E-state index in [1.165, 1.54) is 0 Å². The van der Waals surface area contributed by atoms with Gasteiger partial charge in [-0.3, -0.25) is 9.98 Å². The minimum Gasteiger partial charge on any atom is -0.293 e. The third kappa shape index (κ3) is 4.82. The van der Waals surface area contributed by atoms with Crippen LogP contribution < -0.4 is 0 Å². The fourth-order valence-corrected chi connectivity index (χ4v) is 2.06. The lowest BCUT2D eigenvalue weighted by Gasteiger charge is -2.11. The summed E-state index contributed by atoms with van der Waals surface area (Å²) in [5.41, 5.74) is 2.23. The van der Waals surface area contributed by atoms with Crippen LogP contribution in [0.25, 0.3) is 0 Å². The minimum atomic E-state index is 0.393. The highest BCUT2D eigenvalue weighted by Gasteiger charge is 2.09. The maximum absolute atomic E-state index is 4.37. The number of nitrogens with zero attached hydrogens (tertiary/aromatic N) is 2. The molecule has 0 aromatic carbocycles. The van der Waals surface area contributed by atoms with Crippen LogP contribution >= 0.6 is 15.9 Å². The molecule has 1 aromatic rings. The summed E-state index contributed by atoms with van der Waals surface area (Å²) in [5.74, 6) is 0.393. The van der Waals surface area contributed by atoms with Crippen molar-refractivity contribution < 1.29 is 0 Å². The number of aliphatic imine (C=N–C) groups is 1. The quantitative estimate of drug-likeness (QED) is 0.752. The number of hydrogen-bond donors (Lipinski definition) is 0. The van der Waals surface area contributed by atoms with Gasteiger partial charge in [0.2, 0.25) is 0 Å². The lowest BCUT2D eigenvalue weighted by Crippen LogP contribution is -2.12. The van der Waals surface area contributed by atoms with E-state index in [9.17, 15) is 0 Å². The third-order valence-electron chi connectivity index (χ3n) is 2.58. The summed E-state index contributed by atoms with van der Waals surface area (Å²) in [6, 6.07) is 4.01. The van der Waals surface area contributed by atoms with Crippen molar-refractivity contribution in [3.05, 3.63) is 40.6 Å². The molecular weight excluding hydrogens is 276 g/mol. The molecule has 0 aliphatic carbocycles. The summed E-state index contributed by atoms with van der Waals surface area (Å²) in [4.78, 5) is 8.70. The van der Waals surface area contributed by atoms with Crippen molar-refractivity contribution in [2.45, 2.75) is 26.7 Å². The Bertz CT molecular complexity index is 410. The predicted molar refractivity (Wildman–Crippen MR) is 77.6 cm³/mol. The van der Waals surface area contributed by atoms with Crippen LogP contribution in [0.5, 0.6) is 0 Å². The van der Waals surface area contributed by atoms with E-state index in [1.54, 1.807) is 0 Å². The van der Waals surface area contributed by atoms with Crippen LogP contribution in [0.4, 0.5) is 0 Å². The Kier molecular flexibility index (Phi) is 6.12. The lowest BCUT2D eigenvalue weighted by molar-refractivity contribution is 0.747. The molecule has 0 radical (unpaired) electrons. The summed E-state index contributed by atoms with van der Waals surface area (Å²) in [6.07, 6.45) is 8.05. The molecule has 1 unspecified atom stereocenters. The second-order valence-corrected chi connectivity index (χ2v) is 4.95. The topological polar surface area (TPSA) is 25.2 Å². The maximum Gasteiger partial charge on any atom is 0.0421 e. The van der Waals surface area contributed by atoms with Gasteiger partial charge >= 0.3 is 0 Å². The van der Waals surface area contributed by atoms with Gasteiger partial charge in [0.1, 0.15) is 0 Å². The lowest BCUT2D eigenvalue weighted by atomic mass is 9.98. The maximum atomic E-state index is 4.37. The molecule has 0 fully saturated rings. The number of aromatic nitrogens is 1. The fraction of sp³-hybridized carbons (Fsp3) is 0.429. The second-order valence-electron chi connectivity index (χ2n) is 4.03. The summed E-state index contributed by atoms with van der Waals surface area (Å²) in [6.45, 7) is 4.31. The van der Waals surface area contributed by atoms with Gasteiger partial charge in [-0.15, -0.1) is 0 Å². The molecule has 3 heteroatoms. The van der Waals surface area contributed by atoms with Crippen LogP contribution in [-0.2, 0) is 6.42 Å². The SMILES string of the molecule is CC/C=C\C(=NC)C(C)Cc1cc(Br)ccn1. The van der Waals surface area contributed by atoms with E-state index in [0.29, 0.717) is 5.92 Å². The number of rotatable bonds is 5. The Morgan fingerprint density at radius 3 is 2.94 bits per heavy atom. The first-order valence-electron chi connectivity index (χ1n) is 5.91. The summed E-state index contributed by atoms with van der Waals surface area (Å²) < 4.78 is 1.08. The van der Waals surface area contributed by atoms with Crippen molar-refractivity contribution in [2.24, 2.45) is 10.9 Å². The zero-order valence-electron chi connectivity index (χ0n) is 10.7. The van der Waals surface area contributed by atoms with Crippen molar-refractivity contribution in [2.75, 3.05) is 7.05 Å². The van der Waals surface area contributed by atoms with Crippen LogP contribution in [0.1, 0.15) is 26.0 Å². The van der Waals surface area contributed by atoms with E-state index in [-0.39, 0.29) is 0 Å². The van der Waals surface area contributed by atoms with Gasteiger partial charge in [-0.2, -0.15) is 0 Å². The molecule has 92 valence electrons. The van der Waals surface area contributed by atoms with E-state index in [2.05, 4.69) is 58.0 Å². The van der Waals surface area contributed by atoms with E-state index >= 15 is 0 Å².